The van der Waals surface area contributed by atoms with Gasteiger partial charge in [0.15, 0.2) is 6.61 Å². The van der Waals surface area contributed by atoms with Crippen molar-refractivity contribution in [3.63, 3.8) is 0 Å². The van der Waals surface area contributed by atoms with Crippen molar-refractivity contribution in [2.45, 2.75) is 45.6 Å². The van der Waals surface area contributed by atoms with Gasteiger partial charge in [0.05, 0.1) is 6.04 Å². The number of amides is 2. The number of hydrogen-bond acceptors (Lipinski definition) is 4. The van der Waals surface area contributed by atoms with Gasteiger partial charge in [-0.15, -0.1) is 12.4 Å². The zero-order valence-electron chi connectivity index (χ0n) is 18.1. The van der Waals surface area contributed by atoms with Crippen LogP contribution in [-0.2, 0) is 9.59 Å². The zero-order chi connectivity index (χ0) is 20.5. The Morgan fingerprint density at radius 2 is 2.03 bits per heavy atom. The number of piperidine rings is 1. The highest BCUT2D eigenvalue weighted by molar-refractivity contribution is 5.85. The Morgan fingerprint density at radius 1 is 1.31 bits per heavy atom. The predicted octanol–water partition coefficient (Wildman–Crippen LogP) is 3.17. The minimum atomic E-state index is -0.130. The average molecular weight is 426 g/mol. The minimum Gasteiger partial charge on any atom is -0.483 e. The first-order valence-electron chi connectivity index (χ1n) is 10.3. The van der Waals surface area contributed by atoms with Crippen LogP contribution in [0.1, 0.15) is 51.1 Å². The Morgan fingerprint density at radius 3 is 2.66 bits per heavy atom. The first-order valence-corrected chi connectivity index (χ1v) is 10.3. The number of ether oxygens (including phenoxy) is 1. The zero-order valence-corrected chi connectivity index (χ0v) is 18.9. The Hall–Kier alpha value is -1.79. The van der Waals surface area contributed by atoms with Crippen molar-refractivity contribution in [2.75, 3.05) is 33.8 Å². The molecule has 1 aliphatic heterocycles. The van der Waals surface area contributed by atoms with E-state index >= 15 is 0 Å². The lowest BCUT2D eigenvalue weighted by atomic mass is 9.85. The number of likely N-dealkylation sites (N-methyl/N-ethyl adjacent to an activating group) is 1. The van der Waals surface area contributed by atoms with Crippen LogP contribution in [0.3, 0.4) is 0 Å². The van der Waals surface area contributed by atoms with Crippen molar-refractivity contribution in [3.8, 4) is 5.75 Å². The monoisotopic (exact) mass is 425 g/mol. The Balaban J connectivity index is 0.00000420. The Bertz CT molecular complexity index is 648. The molecular formula is C22H36ClN3O3. The maximum Gasteiger partial charge on any atom is 0.259 e. The summed E-state index contributed by atoms with van der Waals surface area (Å²) in [6, 6.07) is 7.49. The van der Waals surface area contributed by atoms with Crippen LogP contribution in [0, 0.1) is 11.8 Å². The van der Waals surface area contributed by atoms with Gasteiger partial charge in [0.1, 0.15) is 5.75 Å². The van der Waals surface area contributed by atoms with Crippen LogP contribution in [0.15, 0.2) is 24.3 Å². The van der Waals surface area contributed by atoms with Crippen LogP contribution in [0.25, 0.3) is 0 Å². The summed E-state index contributed by atoms with van der Waals surface area (Å²) in [6.07, 6.45) is 3.66. The molecule has 0 aliphatic carbocycles. The first kappa shape index (κ1) is 25.2. The fraction of sp³-hybridized carbons (Fsp3) is 0.636. The van der Waals surface area contributed by atoms with E-state index in [0.717, 1.165) is 25.1 Å². The number of hydrogen-bond donors (Lipinski definition) is 2. The van der Waals surface area contributed by atoms with E-state index in [1.165, 1.54) is 17.7 Å². The third-order valence-corrected chi connectivity index (χ3v) is 5.53. The fourth-order valence-corrected chi connectivity index (χ4v) is 3.64. The summed E-state index contributed by atoms with van der Waals surface area (Å²) < 4.78 is 5.75. The van der Waals surface area contributed by atoms with Crippen molar-refractivity contribution < 1.29 is 14.3 Å². The number of nitrogens with one attached hydrogen (secondary N) is 2. The number of carbonyl (C=O) groups is 2. The molecule has 29 heavy (non-hydrogen) atoms. The quantitative estimate of drug-likeness (QED) is 0.637. The van der Waals surface area contributed by atoms with Gasteiger partial charge in [-0.25, -0.2) is 0 Å². The summed E-state index contributed by atoms with van der Waals surface area (Å²) in [7, 11) is 3.41. The lowest BCUT2D eigenvalue weighted by Crippen LogP contribution is -2.36. The van der Waals surface area contributed by atoms with E-state index in [-0.39, 0.29) is 36.9 Å². The summed E-state index contributed by atoms with van der Waals surface area (Å²) in [6.45, 7) is 6.28. The van der Waals surface area contributed by atoms with Crippen LogP contribution in [0.5, 0.6) is 5.75 Å². The number of carbonyl (C=O) groups excluding carboxylic acids is 2. The highest BCUT2D eigenvalue weighted by atomic mass is 35.5. The molecule has 0 spiro atoms. The lowest BCUT2D eigenvalue weighted by Gasteiger charge is -2.28. The van der Waals surface area contributed by atoms with Gasteiger partial charge in [0.25, 0.3) is 5.91 Å². The number of benzene rings is 1. The van der Waals surface area contributed by atoms with Gasteiger partial charge in [0, 0.05) is 26.1 Å². The number of halogens is 1. The molecule has 0 radical (unpaired) electrons. The highest BCUT2D eigenvalue weighted by Crippen LogP contribution is 2.28. The molecule has 3 unspecified atom stereocenters. The smallest absolute Gasteiger partial charge is 0.259 e. The van der Waals surface area contributed by atoms with Gasteiger partial charge in [0.2, 0.25) is 5.91 Å². The summed E-state index contributed by atoms with van der Waals surface area (Å²) in [5, 5.41) is 6.60. The number of para-hydroxylation sites is 1. The summed E-state index contributed by atoms with van der Waals surface area (Å²) in [5.41, 5.74) is 0.914. The Labute approximate surface area is 181 Å². The van der Waals surface area contributed by atoms with Crippen LogP contribution in [-0.4, -0.2) is 50.5 Å². The molecule has 7 heteroatoms. The molecule has 1 saturated heterocycles. The van der Waals surface area contributed by atoms with Crippen molar-refractivity contribution in [1.82, 2.24) is 15.5 Å². The highest BCUT2D eigenvalue weighted by Gasteiger charge is 2.24. The van der Waals surface area contributed by atoms with E-state index in [1.807, 2.05) is 31.2 Å². The van der Waals surface area contributed by atoms with E-state index in [9.17, 15) is 9.59 Å². The summed E-state index contributed by atoms with van der Waals surface area (Å²) in [5.74, 6) is 1.54. The Kier molecular flexibility index (Phi) is 11.1. The molecule has 1 fully saturated rings. The van der Waals surface area contributed by atoms with Crippen LogP contribution in [0.4, 0.5) is 0 Å². The normalized spacial score (nSPS) is 18.1. The van der Waals surface area contributed by atoms with Gasteiger partial charge in [-0.3, -0.25) is 9.59 Å². The topological polar surface area (TPSA) is 70.7 Å². The molecule has 0 bridgehead atoms. The molecule has 2 rings (SSSR count). The maximum atomic E-state index is 12.7. The fourth-order valence-electron chi connectivity index (χ4n) is 3.64. The molecule has 0 aromatic heterocycles. The molecule has 164 valence electrons. The molecule has 0 saturated carbocycles. The summed E-state index contributed by atoms with van der Waals surface area (Å²) in [4.78, 5) is 26.0. The van der Waals surface area contributed by atoms with Crippen molar-refractivity contribution >= 4 is 24.2 Å². The van der Waals surface area contributed by atoms with Gasteiger partial charge in [-0.05, 0) is 50.3 Å². The standard InChI is InChI=1S/C22H35N3O3.ClH/c1-5-19(24-21(26)13-16(2)17-9-8-12-23-14-17)18-10-6-7-11-20(18)28-15-22(27)25(3)4;/h6-7,10-11,16-17,19,23H,5,8-9,12-15H2,1-4H3,(H,24,26);1H. The molecule has 3 atom stereocenters. The van der Waals surface area contributed by atoms with Crippen LogP contribution < -0.4 is 15.4 Å². The largest absolute Gasteiger partial charge is 0.483 e. The predicted molar refractivity (Wildman–Crippen MR) is 118 cm³/mol. The SMILES string of the molecule is CCC(NC(=O)CC(C)C1CCCNC1)c1ccccc1OCC(=O)N(C)C.Cl. The second kappa shape index (κ2) is 12.7. The maximum absolute atomic E-state index is 12.7. The van der Waals surface area contributed by atoms with Crippen LogP contribution in [0.2, 0.25) is 0 Å². The van der Waals surface area contributed by atoms with Crippen molar-refractivity contribution in [1.29, 1.82) is 0 Å². The number of rotatable bonds is 9. The second-order valence-electron chi connectivity index (χ2n) is 7.93. The van der Waals surface area contributed by atoms with Gasteiger partial charge in [-0.1, -0.05) is 32.0 Å². The third-order valence-electron chi connectivity index (χ3n) is 5.53. The lowest BCUT2D eigenvalue weighted by molar-refractivity contribution is -0.130. The molecule has 2 amide bonds. The molecule has 1 aromatic rings. The van der Waals surface area contributed by atoms with Crippen LogP contribution >= 0.6 is 12.4 Å². The average Bonchev–Trinajstić information content (AvgIpc) is 2.71. The number of nitrogens with zero attached hydrogens (tertiary/aromatic N) is 1. The molecular weight excluding hydrogens is 390 g/mol. The van der Waals surface area contributed by atoms with Crippen molar-refractivity contribution in [3.05, 3.63) is 29.8 Å². The van der Waals surface area contributed by atoms with E-state index in [4.69, 9.17) is 4.74 Å². The van der Waals surface area contributed by atoms with Gasteiger partial charge < -0.3 is 20.3 Å². The minimum absolute atomic E-state index is 0. The molecule has 6 nitrogen and oxygen atoms in total. The van der Waals surface area contributed by atoms with E-state index in [0.29, 0.717) is 24.0 Å². The molecule has 2 N–H and O–H groups in total. The molecule has 1 aromatic carbocycles. The molecule has 1 aliphatic rings. The second-order valence-corrected chi connectivity index (χ2v) is 7.93. The van der Waals surface area contributed by atoms with E-state index < -0.39 is 0 Å². The van der Waals surface area contributed by atoms with E-state index in [2.05, 4.69) is 17.6 Å². The van der Waals surface area contributed by atoms with Gasteiger partial charge in [-0.2, -0.15) is 0 Å². The third kappa shape index (κ3) is 7.86. The summed E-state index contributed by atoms with van der Waals surface area (Å²) >= 11 is 0. The first-order chi connectivity index (χ1) is 13.4. The van der Waals surface area contributed by atoms with E-state index in [1.54, 1.807) is 14.1 Å². The van der Waals surface area contributed by atoms with Gasteiger partial charge >= 0.3 is 0 Å². The van der Waals surface area contributed by atoms with Crippen molar-refractivity contribution in [2.24, 2.45) is 11.8 Å². The molecule has 1 heterocycles.